The van der Waals surface area contributed by atoms with E-state index in [1.807, 2.05) is 6.92 Å². The molecule has 2 saturated heterocycles. The first-order valence-corrected chi connectivity index (χ1v) is 7.90. The van der Waals surface area contributed by atoms with Gasteiger partial charge in [0.2, 0.25) is 0 Å². The van der Waals surface area contributed by atoms with Crippen molar-refractivity contribution in [2.24, 2.45) is 11.3 Å². The summed E-state index contributed by atoms with van der Waals surface area (Å²) in [4.78, 5) is 27.6. The Morgan fingerprint density at radius 1 is 1.29 bits per heavy atom. The smallest absolute Gasteiger partial charge is 0.320 e. The molecule has 6 heteroatoms. The first-order chi connectivity index (χ1) is 10.0. The third-order valence-electron chi connectivity index (χ3n) is 4.85. The van der Waals surface area contributed by atoms with Crippen LogP contribution < -0.4 is 0 Å². The molecule has 2 N–H and O–H groups in total. The maximum absolute atomic E-state index is 12.6. The molecule has 2 unspecified atom stereocenters. The predicted octanol–water partition coefficient (Wildman–Crippen LogP) is 1.39. The van der Waals surface area contributed by atoms with Gasteiger partial charge in [-0.3, -0.25) is 4.79 Å². The molecule has 2 aliphatic rings. The number of hydrogen-bond acceptors (Lipinski definition) is 3. The summed E-state index contributed by atoms with van der Waals surface area (Å²) in [5, 5.41) is 18.8. The van der Waals surface area contributed by atoms with E-state index in [0.29, 0.717) is 39.0 Å². The molecule has 0 spiro atoms. The largest absolute Gasteiger partial charge is 0.481 e. The number of likely N-dealkylation sites (tertiary alicyclic amines) is 2. The first kappa shape index (κ1) is 16.1. The number of carboxylic acids is 1. The third-order valence-corrected chi connectivity index (χ3v) is 4.85. The molecule has 0 bridgehead atoms. The van der Waals surface area contributed by atoms with E-state index in [9.17, 15) is 19.8 Å². The molecule has 2 rings (SSSR count). The van der Waals surface area contributed by atoms with Gasteiger partial charge in [0.05, 0.1) is 5.41 Å². The number of amides is 2. The second kappa shape index (κ2) is 6.64. The van der Waals surface area contributed by atoms with Crippen LogP contribution in [-0.4, -0.2) is 64.8 Å². The first-order valence-electron chi connectivity index (χ1n) is 7.90. The zero-order valence-electron chi connectivity index (χ0n) is 12.8. The molecule has 6 nitrogen and oxygen atoms in total. The zero-order chi connectivity index (χ0) is 15.5. The molecule has 21 heavy (non-hydrogen) atoms. The quantitative estimate of drug-likeness (QED) is 0.822. The van der Waals surface area contributed by atoms with E-state index in [0.717, 1.165) is 19.3 Å². The highest BCUT2D eigenvalue weighted by molar-refractivity contribution is 5.80. The lowest BCUT2D eigenvalue weighted by Crippen LogP contribution is -2.48. The van der Waals surface area contributed by atoms with Crippen LogP contribution in [0.4, 0.5) is 4.79 Å². The summed E-state index contributed by atoms with van der Waals surface area (Å²) in [5.41, 5.74) is -0.767. The number of carboxylic acid groups (broad SMARTS) is 1. The van der Waals surface area contributed by atoms with Gasteiger partial charge >= 0.3 is 12.0 Å². The number of urea groups is 1. The molecule has 0 aliphatic carbocycles. The molecule has 0 aromatic carbocycles. The maximum Gasteiger partial charge on any atom is 0.320 e. The maximum atomic E-state index is 12.6. The minimum Gasteiger partial charge on any atom is -0.481 e. The van der Waals surface area contributed by atoms with E-state index in [1.54, 1.807) is 9.80 Å². The molecule has 0 aromatic rings. The van der Waals surface area contributed by atoms with Crippen molar-refractivity contribution in [3.63, 3.8) is 0 Å². The van der Waals surface area contributed by atoms with Crippen LogP contribution in [0.15, 0.2) is 0 Å². The summed E-state index contributed by atoms with van der Waals surface area (Å²) in [5.74, 6) is -0.628. The van der Waals surface area contributed by atoms with Gasteiger partial charge in [0.1, 0.15) is 0 Å². The van der Waals surface area contributed by atoms with Crippen LogP contribution in [-0.2, 0) is 4.79 Å². The topological polar surface area (TPSA) is 81.1 Å². The average molecular weight is 298 g/mol. The standard InChI is InChI=1S/C15H26N2O4/c1-2-5-15(13(19)20)6-8-17(11-15)14(21)16-7-3-4-12(9-16)10-18/h12,18H,2-11H2,1H3,(H,19,20). The Bertz CT molecular complexity index is 401. The number of aliphatic hydroxyl groups is 1. The molecule has 2 atom stereocenters. The minimum absolute atomic E-state index is 0.0626. The molecule has 120 valence electrons. The van der Waals surface area contributed by atoms with Crippen LogP contribution in [0.2, 0.25) is 0 Å². The van der Waals surface area contributed by atoms with Gasteiger partial charge in [0.15, 0.2) is 0 Å². The summed E-state index contributed by atoms with van der Waals surface area (Å²) in [6.07, 6.45) is 3.83. The van der Waals surface area contributed by atoms with E-state index in [4.69, 9.17) is 0 Å². The Morgan fingerprint density at radius 3 is 2.67 bits per heavy atom. The van der Waals surface area contributed by atoms with Gasteiger partial charge in [-0.1, -0.05) is 13.3 Å². The highest BCUT2D eigenvalue weighted by Gasteiger charge is 2.46. The number of aliphatic carboxylic acids is 1. The summed E-state index contributed by atoms with van der Waals surface area (Å²) in [6, 6.07) is -0.0626. The van der Waals surface area contributed by atoms with E-state index in [-0.39, 0.29) is 18.6 Å². The second-order valence-electron chi connectivity index (χ2n) is 6.43. The average Bonchev–Trinajstić information content (AvgIpc) is 2.92. The minimum atomic E-state index is -0.786. The number of hydrogen-bond donors (Lipinski definition) is 2. The van der Waals surface area contributed by atoms with Gasteiger partial charge in [0.25, 0.3) is 0 Å². The molecule has 2 amide bonds. The normalized spacial score (nSPS) is 29.7. The van der Waals surface area contributed by atoms with Crippen molar-refractivity contribution in [2.75, 3.05) is 32.8 Å². The van der Waals surface area contributed by atoms with Crippen LogP contribution in [0, 0.1) is 11.3 Å². The van der Waals surface area contributed by atoms with Crippen molar-refractivity contribution in [1.29, 1.82) is 0 Å². The van der Waals surface area contributed by atoms with Crippen molar-refractivity contribution in [3.8, 4) is 0 Å². The van der Waals surface area contributed by atoms with E-state index in [1.165, 1.54) is 0 Å². The fraction of sp³-hybridized carbons (Fsp3) is 0.867. The van der Waals surface area contributed by atoms with Gasteiger partial charge in [-0.2, -0.15) is 0 Å². The SMILES string of the molecule is CCCC1(C(=O)O)CCN(C(=O)N2CCCC(CO)C2)C1. The van der Waals surface area contributed by atoms with E-state index in [2.05, 4.69) is 0 Å². The number of rotatable bonds is 4. The van der Waals surface area contributed by atoms with Crippen molar-refractivity contribution in [1.82, 2.24) is 9.80 Å². The Labute approximate surface area is 125 Å². The molecule has 0 saturated carbocycles. The highest BCUT2D eigenvalue weighted by Crippen LogP contribution is 2.36. The van der Waals surface area contributed by atoms with Crippen LogP contribution in [0.1, 0.15) is 39.0 Å². The van der Waals surface area contributed by atoms with Crippen molar-refractivity contribution in [2.45, 2.75) is 39.0 Å². The Kier molecular flexibility index (Phi) is 5.08. The van der Waals surface area contributed by atoms with Crippen LogP contribution in [0.5, 0.6) is 0 Å². The second-order valence-corrected chi connectivity index (χ2v) is 6.43. The number of aliphatic hydroxyl groups excluding tert-OH is 1. The van der Waals surface area contributed by atoms with Gasteiger partial charge < -0.3 is 20.0 Å². The van der Waals surface area contributed by atoms with Crippen LogP contribution in [0.25, 0.3) is 0 Å². The Morgan fingerprint density at radius 2 is 2.05 bits per heavy atom. The van der Waals surface area contributed by atoms with Gasteiger partial charge in [-0.15, -0.1) is 0 Å². The lowest BCUT2D eigenvalue weighted by atomic mass is 9.83. The number of piperidine rings is 1. The molecular weight excluding hydrogens is 272 g/mol. The Balaban J connectivity index is 1.99. The molecule has 2 aliphatic heterocycles. The van der Waals surface area contributed by atoms with Gasteiger partial charge in [-0.05, 0) is 31.6 Å². The molecular formula is C15H26N2O4. The van der Waals surface area contributed by atoms with Crippen LogP contribution >= 0.6 is 0 Å². The summed E-state index contributed by atoms with van der Waals surface area (Å²) < 4.78 is 0. The summed E-state index contributed by atoms with van der Waals surface area (Å²) in [6.45, 7) is 4.21. The van der Waals surface area contributed by atoms with Crippen molar-refractivity contribution in [3.05, 3.63) is 0 Å². The molecule has 2 fully saturated rings. The van der Waals surface area contributed by atoms with Crippen molar-refractivity contribution >= 4 is 12.0 Å². The van der Waals surface area contributed by atoms with Gasteiger partial charge in [-0.25, -0.2) is 4.79 Å². The number of carbonyl (C=O) groups is 2. The number of nitrogens with zero attached hydrogens (tertiary/aromatic N) is 2. The lowest BCUT2D eigenvalue weighted by molar-refractivity contribution is -0.148. The Hall–Kier alpha value is -1.30. The fourth-order valence-corrected chi connectivity index (χ4v) is 3.59. The van der Waals surface area contributed by atoms with Crippen molar-refractivity contribution < 1.29 is 19.8 Å². The molecule has 2 heterocycles. The predicted molar refractivity (Wildman–Crippen MR) is 77.9 cm³/mol. The van der Waals surface area contributed by atoms with E-state index < -0.39 is 11.4 Å². The monoisotopic (exact) mass is 298 g/mol. The molecule has 0 aromatic heterocycles. The third kappa shape index (κ3) is 3.31. The zero-order valence-corrected chi connectivity index (χ0v) is 12.8. The molecule has 0 radical (unpaired) electrons. The summed E-state index contributed by atoms with van der Waals surface area (Å²) >= 11 is 0. The summed E-state index contributed by atoms with van der Waals surface area (Å²) in [7, 11) is 0. The van der Waals surface area contributed by atoms with Crippen LogP contribution in [0.3, 0.4) is 0 Å². The van der Waals surface area contributed by atoms with E-state index >= 15 is 0 Å². The van der Waals surface area contributed by atoms with Gasteiger partial charge in [0, 0.05) is 32.8 Å². The fourth-order valence-electron chi connectivity index (χ4n) is 3.59. The lowest BCUT2D eigenvalue weighted by Gasteiger charge is -2.35. The number of carbonyl (C=O) groups excluding carboxylic acids is 1. The highest BCUT2D eigenvalue weighted by atomic mass is 16.4.